The Kier molecular flexibility index (Phi) is 5.00. The zero-order valence-corrected chi connectivity index (χ0v) is 11.5. The number of hydrogen-bond acceptors (Lipinski definition) is 2. The minimum atomic E-state index is -4.73. The Morgan fingerprint density at radius 2 is 2.00 bits per heavy atom. The van der Waals surface area contributed by atoms with Gasteiger partial charge in [-0.3, -0.25) is 4.79 Å². The molecule has 17 heavy (non-hydrogen) atoms. The molecule has 0 amide bonds. The van der Waals surface area contributed by atoms with Crippen molar-refractivity contribution in [2.45, 2.75) is 12.8 Å². The maximum atomic E-state index is 12.0. The van der Waals surface area contributed by atoms with Crippen LogP contribution >= 0.6 is 31.9 Å². The van der Waals surface area contributed by atoms with Gasteiger partial charge in [-0.05, 0) is 33.6 Å². The minimum Gasteiger partial charge on any atom is -0.405 e. The summed E-state index contributed by atoms with van der Waals surface area (Å²) < 4.78 is 39.9. The van der Waals surface area contributed by atoms with E-state index in [1.54, 1.807) is 0 Å². The minimum absolute atomic E-state index is 0.0543. The number of carbonyl (C=O) groups is 1. The Bertz CT molecular complexity index is 419. The molecule has 94 valence electrons. The van der Waals surface area contributed by atoms with Crippen LogP contribution in [0.3, 0.4) is 0 Å². The number of hydrogen-bond donors (Lipinski definition) is 0. The molecule has 1 aromatic rings. The largest absolute Gasteiger partial charge is 0.573 e. The number of alkyl halides is 4. The van der Waals surface area contributed by atoms with E-state index in [-0.39, 0.29) is 27.8 Å². The maximum Gasteiger partial charge on any atom is 0.573 e. The topological polar surface area (TPSA) is 26.3 Å². The molecule has 0 fully saturated rings. The molecule has 1 rings (SSSR count). The van der Waals surface area contributed by atoms with Crippen LogP contribution < -0.4 is 4.74 Å². The maximum absolute atomic E-state index is 12.0. The summed E-state index contributed by atoms with van der Waals surface area (Å²) in [5, 5.41) is 0.214. The summed E-state index contributed by atoms with van der Waals surface area (Å²) in [4.78, 5) is 11.1. The number of halogens is 5. The molecule has 0 N–H and O–H groups in total. The molecule has 2 nitrogen and oxygen atoms in total. The van der Waals surface area contributed by atoms with Gasteiger partial charge in [-0.2, -0.15) is 0 Å². The standard InChI is InChI=1S/C10H7Br2F3O2/c11-5-7(16)3-6-1-2-9(8(12)4-6)17-10(13,14)15/h1-2,4H,3,5H2. The summed E-state index contributed by atoms with van der Waals surface area (Å²) >= 11 is 5.97. The van der Waals surface area contributed by atoms with E-state index in [0.29, 0.717) is 5.56 Å². The van der Waals surface area contributed by atoms with Crippen molar-refractivity contribution in [3.8, 4) is 5.75 Å². The zero-order valence-electron chi connectivity index (χ0n) is 8.35. The molecule has 0 aromatic heterocycles. The molecule has 7 heteroatoms. The van der Waals surface area contributed by atoms with E-state index in [2.05, 4.69) is 36.6 Å². The highest BCUT2D eigenvalue weighted by Gasteiger charge is 2.31. The number of Topliss-reactive ketones (excluding diaryl/α,β-unsaturated/α-hetero) is 1. The Morgan fingerprint density at radius 1 is 1.35 bits per heavy atom. The lowest BCUT2D eigenvalue weighted by molar-refractivity contribution is -0.274. The van der Waals surface area contributed by atoms with Gasteiger partial charge in [0.15, 0.2) is 0 Å². The molecule has 0 unspecified atom stereocenters. The van der Waals surface area contributed by atoms with Gasteiger partial charge >= 0.3 is 6.36 Å². The van der Waals surface area contributed by atoms with Crippen molar-refractivity contribution in [1.29, 1.82) is 0 Å². The lowest BCUT2D eigenvalue weighted by Gasteiger charge is -2.11. The van der Waals surface area contributed by atoms with Crippen LogP contribution in [0.25, 0.3) is 0 Å². The van der Waals surface area contributed by atoms with Crippen molar-refractivity contribution in [3.05, 3.63) is 28.2 Å². The van der Waals surface area contributed by atoms with Gasteiger partial charge in [0.05, 0.1) is 9.80 Å². The molecule has 0 atom stereocenters. The van der Waals surface area contributed by atoms with Crippen LogP contribution in [-0.2, 0) is 11.2 Å². The van der Waals surface area contributed by atoms with Gasteiger partial charge in [0.1, 0.15) is 11.5 Å². The van der Waals surface area contributed by atoms with E-state index in [9.17, 15) is 18.0 Å². The van der Waals surface area contributed by atoms with E-state index in [1.165, 1.54) is 18.2 Å². The number of carbonyl (C=O) groups excluding carboxylic acids is 1. The molecule has 0 aliphatic rings. The van der Waals surface area contributed by atoms with Crippen molar-refractivity contribution in [3.63, 3.8) is 0 Å². The predicted octanol–water partition coefficient (Wildman–Crippen LogP) is 3.85. The van der Waals surface area contributed by atoms with E-state index in [4.69, 9.17) is 0 Å². The summed E-state index contributed by atoms with van der Waals surface area (Å²) in [6, 6.07) is 4.03. The van der Waals surface area contributed by atoms with E-state index in [1.807, 2.05) is 0 Å². The monoisotopic (exact) mass is 374 g/mol. The average Bonchev–Trinajstić information content (AvgIpc) is 2.20. The molecule has 0 heterocycles. The van der Waals surface area contributed by atoms with Crippen LogP contribution in [-0.4, -0.2) is 17.5 Å². The third-order valence-electron chi connectivity index (χ3n) is 1.77. The van der Waals surface area contributed by atoms with Crippen molar-refractivity contribution < 1.29 is 22.7 Å². The fourth-order valence-corrected chi connectivity index (χ4v) is 1.84. The molecule has 0 bridgehead atoms. The van der Waals surface area contributed by atoms with Gasteiger partial charge in [0.2, 0.25) is 0 Å². The SMILES string of the molecule is O=C(CBr)Cc1ccc(OC(F)(F)F)c(Br)c1. The molecule has 0 saturated carbocycles. The van der Waals surface area contributed by atoms with Crippen LogP contribution in [0.15, 0.2) is 22.7 Å². The number of rotatable bonds is 4. The fourth-order valence-electron chi connectivity index (χ4n) is 1.14. The molecular weight excluding hydrogens is 369 g/mol. The molecule has 0 spiro atoms. The molecule has 0 aliphatic heterocycles. The van der Waals surface area contributed by atoms with Gasteiger partial charge in [-0.15, -0.1) is 13.2 Å². The van der Waals surface area contributed by atoms with Crippen LogP contribution in [0.5, 0.6) is 5.75 Å². The zero-order chi connectivity index (χ0) is 13.1. The first-order valence-corrected chi connectivity index (χ1v) is 6.35. The summed E-state index contributed by atoms with van der Waals surface area (Å²) in [6.07, 6.45) is -4.56. The lowest BCUT2D eigenvalue weighted by Crippen LogP contribution is -2.17. The third-order valence-corrected chi connectivity index (χ3v) is 3.02. The molecule has 0 saturated heterocycles. The van der Waals surface area contributed by atoms with Gasteiger partial charge in [-0.1, -0.05) is 22.0 Å². The highest BCUT2D eigenvalue weighted by atomic mass is 79.9. The van der Waals surface area contributed by atoms with Crippen molar-refractivity contribution in [1.82, 2.24) is 0 Å². The van der Waals surface area contributed by atoms with Crippen molar-refractivity contribution in [2.75, 3.05) is 5.33 Å². The lowest BCUT2D eigenvalue weighted by atomic mass is 10.1. The molecule has 1 aromatic carbocycles. The quantitative estimate of drug-likeness (QED) is 0.747. The molecule has 0 radical (unpaired) electrons. The second-order valence-electron chi connectivity index (χ2n) is 3.16. The van der Waals surface area contributed by atoms with E-state index in [0.717, 1.165) is 0 Å². The number of benzene rings is 1. The second-order valence-corrected chi connectivity index (χ2v) is 4.58. The first-order valence-electron chi connectivity index (χ1n) is 4.43. The summed E-state index contributed by atoms with van der Waals surface area (Å²) in [7, 11) is 0. The highest BCUT2D eigenvalue weighted by Crippen LogP contribution is 2.31. The molecule has 0 aliphatic carbocycles. The second kappa shape index (κ2) is 5.86. The van der Waals surface area contributed by atoms with Crippen molar-refractivity contribution >= 4 is 37.6 Å². The Morgan fingerprint density at radius 3 is 2.47 bits per heavy atom. The third kappa shape index (κ3) is 5.08. The fraction of sp³-hybridized carbons (Fsp3) is 0.300. The van der Waals surface area contributed by atoms with Gasteiger partial charge < -0.3 is 4.74 Å². The van der Waals surface area contributed by atoms with Gasteiger partial charge in [-0.25, -0.2) is 0 Å². The van der Waals surface area contributed by atoms with Crippen LogP contribution in [0, 0.1) is 0 Å². The van der Waals surface area contributed by atoms with Crippen LogP contribution in [0.4, 0.5) is 13.2 Å². The van der Waals surface area contributed by atoms with E-state index >= 15 is 0 Å². The first-order chi connectivity index (χ1) is 7.81. The predicted molar refractivity (Wildman–Crippen MR) is 63.3 cm³/mol. The average molecular weight is 376 g/mol. The smallest absolute Gasteiger partial charge is 0.405 e. The Labute approximate surface area is 112 Å². The van der Waals surface area contributed by atoms with Crippen LogP contribution in [0.2, 0.25) is 0 Å². The summed E-state index contributed by atoms with van der Waals surface area (Å²) in [5.41, 5.74) is 0.621. The number of ether oxygens (including phenoxy) is 1. The first kappa shape index (κ1) is 14.5. The Hall–Kier alpha value is -0.560. The van der Waals surface area contributed by atoms with Gasteiger partial charge in [0, 0.05) is 6.42 Å². The Balaban J connectivity index is 2.83. The molecular formula is C10H7Br2F3O2. The van der Waals surface area contributed by atoms with Crippen LogP contribution in [0.1, 0.15) is 5.56 Å². The van der Waals surface area contributed by atoms with E-state index < -0.39 is 6.36 Å². The normalized spacial score (nSPS) is 11.4. The van der Waals surface area contributed by atoms with Crippen molar-refractivity contribution in [2.24, 2.45) is 0 Å². The number of ketones is 1. The summed E-state index contributed by atoms with van der Waals surface area (Å²) in [6.45, 7) is 0. The van der Waals surface area contributed by atoms with Gasteiger partial charge in [0.25, 0.3) is 0 Å². The highest BCUT2D eigenvalue weighted by molar-refractivity contribution is 9.10. The summed E-state index contributed by atoms with van der Waals surface area (Å²) in [5.74, 6) is -0.381.